The first kappa shape index (κ1) is 25.3. The molecule has 0 aliphatic carbocycles. The van der Waals surface area contributed by atoms with Crippen LogP contribution in [-0.2, 0) is 14.8 Å². The van der Waals surface area contributed by atoms with Crippen LogP contribution in [0, 0.1) is 5.41 Å². The highest BCUT2D eigenvalue weighted by Crippen LogP contribution is 2.38. The highest BCUT2D eigenvalue weighted by atomic mass is 35.5. The molecule has 6 nitrogen and oxygen atoms in total. The van der Waals surface area contributed by atoms with Crippen LogP contribution in [0.5, 0.6) is 5.75 Å². The van der Waals surface area contributed by atoms with E-state index in [4.69, 9.17) is 27.9 Å². The van der Waals surface area contributed by atoms with Crippen molar-refractivity contribution in [2.24, 2.45) is 5.41 Å². The van der Waals surface area contributed by atoms with Crippen LogP contribution < -0.4 is 4.74 Å². The van der Waals surface area contributed by atoms with E-state index in [1.54, 1.807) is 42.5 Å². The molecule has 2 aliphatic rings. The lowest BCUT2D eigenvalue weighted by atomic mass is 9.76. The number of likely N-dealkylation sites (tertiary alicyclic amines) is 1. The van der Waals surface area contributed by atoms with E-state index in [2.05, 4.69) is 0 Å². The molecule has 0 saturated carbocycles. The molecule has 0 aromatic heterocycles. The molecule has 2 saturated heterocycles. The van der Waals surface area contributed by atoms with Gasteiger partial charge in [0.15, 0.2) is 0 Å². The monoisotopic (exact) mass is 524 g/mol. The number of piperidine rings is 2. The van der Waals surface area contributed by atoms with Crippen LogP contribution in [0.3, 0.4) is 0 Å². The minimum Gasteiger partial charge on any atom is -0.493 e. The van der Waals surface area contributed by atoms with Gasteiger partial charge in [-0.05, 0) is 74.6 Å². The molecule has 0 atom stereocenters. The zero-order chi connectivity index (χ0) is 24.2. The van der Waals surface area contributed by atoms with Crippen molar-refractivity contribution in [2.45, 2.75) is 43.4 Å². The van der Waals surface area contributed by atoms with Crippen molar-refractivity contribution < 1.29 is 17.9 Å². The summed E-state index contributed by atoms with van der Waals surface area (Å²) in [5.41, 5.74) is -0.436. The van der Waals surface area contributed by atoms with Crippen LogP contribution in [0.1, 0.15) is 38.5 Å². The highest BCUT2D eigenvalue weighted by molar-refractivity contribution is 7.89. The number of amides is 1. The first-order valence-electron chi connectivity index (χ1n) is 11.7. The molecule has 2 heterocycles. The summed E-state index contributed by atoms with van der Waals surface area (Å²) in [5.74, 6) is 0.814. The summed E-state index contributed by atoms with van der Waals surface area (Å²) < 4.78 is 33.9. The maximum absolute atomic E-state index is 13.2. The molecule has 4 rings (SSSR count). The normalized spacial score (nSPS) is 19.1. The molecular weight excluding hydrogens is 495 g/mol. The van der Waals surface area contributed by atoms with Crippen molar-refractivity contribution in [3.8, 4) is 5.75 Å². The van der Waals surface area contributed by atoms with Gasteiger partial charge in [-0.25, -0.2) is 8.42 Å². The minimum atomic E-state index is -3.66. The second-order valence-electron chi connectivity index (χ2n) is 9.22. The van der Waals surface area contributed by atoms with Gasteiger partial charge in [-0.2, -0.15) is 4.31 Å². The number of hydrogen-bond donors (Lipinski definition) is 0. The average Bonchev–Trinajstić information content (AvgIpc) is 2.84. The third-order valence-electron chi connectivity index (χ3n) is 6.81. The number of sulfonamides is 1. The summed E-state index contributed by atoms with van der Waals surface area (Å²) in [4.78, 5) is 15.3. The minimum absolute atomic E-state index is 0.130. The Balaban J connectivity index is 1.49. The number of rotatable bonds is 7. The molecule has 184 valence electrons. The van der Waals surface area contributed by atoms with E-state index in [-0.39, 0.29) is 10.8 Å². The van der Waals surface area contributed by atoms with Crippen LogP contribution >= 0.6 is 23.2 Å². The van der Waals surface area contributed by atoms with Crippen molar-refractivity contribution in [3.63, 3.8) is 0 Å². The van der Waals surface area contributed by atoms with E-state index in [1.807, 2.05) is 4.90 Å². The van der Waals surface area contributed by atoms with Crippen LogP contribution in [0.25, 0.3) is 0 Å². The van der Waals surface area contributed by atoms with E-state index in [0.717, 1.165) is 32.4 Å². The van der Waals surface area contributed by atoms with E-state index in [0.29, 0.717) is 54.8 Å². The molecule has 2 aliphatic heterocycles. The number of ether oxygens (including phenoxy) is 1. The second-order valence-corrected chi connectivity index (χ2v) is 12.0. The predicted octanol–water partition coefficient (Wildman–Crippen LogP) is 5.25. The van der Waals surface area contributed by atoms with Gasteiger partial charge in [0.2, 0.25) is 15.9 Å². The Morgan fingerprint density at radius 1 is 0.912 bits per heavy atom. The Morgan fingerprint density at radius 2 is 1.59 bits per heavy atom. The van der Waals surface area contributed by atoms with Gasteiger partial charge >= 0.3 is 0 Å². The van der Waals surface area contributed by atoms with Crippen LogP contribution in [-0.4, -0.2) is 56.3 Å². The molecule has 0 bridgehead atoms. The van der Waals surface area contributed by atoms with Gasteiger partial charge in [-0.1, -0.05) is 29.3 Å². The van der Waals surface area contributed by atoms with E-state index in [9.17, 15) is 13.2 Å². The van der Waals surface area contributed by atoms with Gasteiger partial charge in [0.25, 0.3) is 0 Å². The Labute approximate surface area is 211 Å². The Morgan fingerprint density at radius 3 is 2.24 bits per heavy atom. The lowest BCUT2D eigenvalue weighted by molar-refractivity contribution is -0.136. The van der Waals surface area contributed by atoms with E-state index >= 15 is 0 Å². The van der Waals surface area contributed by atoms with Crippen LogP contribution in [0.2, 0.25) is 10.0 Å². The number of benzene rings is 2. The third kappa shape index (κ3) is 6.06. The van der Waals surface area contributed by atoms with Gasteiger partial charge in [0, 0.05) is 48.1 Å². The van der Waals surface area contributed by atoms with Crippen molar-refractivity contribution in [3.05, 3.63) is 58.6 Å². The Bertz CT molecular complexity index is 1090. The third-order valence-corrected chi connectivity index (χ3v) is 9.19. The van der Waals surface area contributed by atoms with Gasteiger partial charge in [-0.3, -0.25) is 4.79 Å². The molecule has 0 N–H and O–H groups in total. The molecule has 0 radical (unpaired) electrons. The van der Waals surface area contributed by atoms with Crippen molar-refractivity contribution in [2.75, 3.05) is 32.8 Å². The molecule has 0 unspecified atom stereocenters. The van der Waals surface area contributed by atoms with Crippen molar-refractivity contribution in [1.29, 1.82) is 0 Å². The fourth-order valence-corrected chi connectivity index (χ4v) is 6.56. The quantitative estimate of drug-likeness (QED) is 0.496. The topological polar surface area (TPSA) is 66.9 Å². The first-order valence-corrected chi connectivity index (χ1v) is 13.9. The maximum Gasteiger partial charge on any atom is 0.243 e. The molecule has 1 amide bonds. The molecular formula is C25H30Cl2N2O4S. The molecule has 9 heteroatoms. The average molecular weight is 525 g/mol. The lowest BCUT2D eigenvalue weighted by Crippen LogP contribution is -2.48. The van der Waals surface area contributed by atoms with Crippen molar-refractivity contribution in [1.82, 2.24) is 9.21 Å². The summed E-state index contributed by atoms with van der Waals surface area (Å²) in [5, 5.41) is 1.01. The number of halogens is 2. The Kier molecular flexibility index (Phi) is 8.08. The predicted molar refractivity (Wildman–Crippen MR) is 134 cm³/mol. The largest absolute Gasteiger partial charge is 0.493 e. The fourth-order valence-electron chi connectivity index (χ4n) is 4.69. The summed E-state index contributed by atoms with van der Waals surface area (Å²) in [6.45, 7) is 2.59. The molecule has 2 fully saturated rings. The van der Waals surface area contributed by atoms with Gasteiger partial charge in [-0.15, -0.1) is 0 Å². The maximum atomic E-state index is 13.2. The molecule has 2 aromatic rings. The SMILES string of the molecule is O=C(CC1(COc2ccc(Cl)cc2)CCN(S(=O)(=O)c2cccc(Cl)c2)CC1)N1CCCCC1. The lowest BCUT2D eigenvalue weighted by Gasteiger charge is -2.42. The number of hydrogen-bond acceptors (Lipinski definition) is 4. The van der Waals surface area contributed by atoms with Crippen molar-refractivity contribution >= 4 is 39.1 Å². The summed E-state index contributed by atoms with van der Waals surface area (Å²) in [7, 11) is -3.66. The second kappa shape index (κ2) is 10.9. The standard InChI is InChI=1S/C25H30Cl2N2O4S/c26-20-7-9-22(10-8-20)33-19-25(18-24(30)28-13-2-1-3-14-28)11-15-29(16-12-25)34(31,32)23-6-4-5-21(27)17-23/h4-10,17H,1-3,11-16,18-19H2. The summed E-state index contributed by atoms with van der Waals surface area (Å²) in [6.07, 6.45) is 4.66. The highest BCUT2D eigenvalue weighted by Gasteiger charge is 2.41. The number of nitrogens with zero attached hydrogens (tertiary/aromatic N) is 2. The van der Waals surface area contributed by atoms with Crippen LogP contribution in [0.15, 0.2) is 53.4 Å². The molecule has 2 aromatic carbocycles. The Hall–Kier alpha value is -1.80. The zero-order valence-electron chi connectivity index (χ0n) is 19.1. The number of carbonyl (C=O) groups excluding carboxylic acids is 1. The summed E-state index contributed by atoms with van der Waals surface area (Å²) in [6, 6.07) is 13.5. The number of carbonyl (C=O) groups is 1. The molecule has 0 spiro atoms. The van der Waals surface area contributed by atoms with E-state index < -0.39 is 15.4 Å². The van der Waals surface area contributed by atoms with E-state index in [1.165, 1.54) is 10.4 Å². The first-order chi connectivity index (χ1) is 16.3. The zero-order valence-corrected chi connectivity index (χ0v) is 21.4. The fraction of sp³-hybridized carbons (Fsp3) is 0.480. The smallest absolute Gasteiger partial charge is 0.243 e. The van der Waals surface area contributed by atoms with Gasteiger partial charge in [0.1, 0.15) is 5.75 Å². The van der Waals surface area contributed by atoms with Gasteiger partial charge in [0.05, 0.1) is 11.5 Å². The molecule has 34 heavy (non-hydrogen) atoms. The van der Waals surface area contributed by atoms with Crippen LogP contribution in [0.4, 0.5) is 0 Å². The summed E-state index contributed by atoms with van der Waals surface area (Å²) >= 11 is 12.0. The van der Waals surface area contributed by atoms with Gasteiger partial charge < -0.3 is 9.64 Å².